The lowest BCUT2D eigenvalue weighted by Crippen LogP contribution is -2.21. The SMILES string of the molecule is COC(=O)c1cccc(/C=C2\C(=O)N(c3cc(Cl)cc(Cl)c3)N=C2C(C)C)c1. The summed E-state index contributed by atoms with van der Waals surface area (Å²) in [6, 6.07) is 11.7. The number of hydrazone groups is 1. The first kappa shape index (κ1) is 20.1. The molecule has 1 aliphatic heterocycles. The first-order valence-electron chi connectivity index (χ1n) is 8.59. The number of ether oxygens (including phenoxy) is 1. The number of amides is 1. The molecule has 7 heteroatoms. The van der Waals surface area contributed by atoms with E-state index in [-0.39, 0.29) is 11.8 Å². The maximum absolute atomic E-state index is 13.1. The van der Waals surface area contributed by atoms with Gasteiger partial charge in [-0.3, -0.25) is 4.79 Å². The van der Waals surface area contributed by atoms with Gasteiger partial charge in [0.05, 0.1) is 29.6 Å². The fourth-order valence-corrected chi connectivity index (χ4v) is 3.38. The second kappa shape index (κ2) is 8.17. The van der Waals surface area contributed by atoms with E-state index in [0.717, 1.165) is 0 Å². The number of methoxy groups -OCH3 is 1. The molecule has 5 nitrogen and oxygen atoms in total. The lowest BCUT2D eigenvalue weighted by Gasteiger charge is -2.12. The fraction of sp³-hybridized carbons (Fsp3) is 0.190. The highest BCUT2D eigenvalue weighted by Crippen LogP contribution is 2.31. The average molecular weight is 417 g/mol. The van der Waals surface area contributed by atoms with Gasteiger partial charge in [0, 0.05) is 10.0 Å². The zero-order chi connectivity index (χ0) is 20.4. The molecule has 0 radical (unpaired) electrons. The molecule has 1 heterocycles. The molecule has 0 bridgehead atoms. The summed E-state index contributed by atoms with van der Waals surface area (Å²) in [6.45, 7) is 3.92. The number of anilines is 1. The minimum atomic E-state index is -0.439. The van der Waals surface area contributed by atoms with Crippen molar-refractivity contribution in [3.63, 3.8) is 0 Å². The molecule has 0 aromatic heterocycles. The predicted octanol–water partition coefficient (Wildman–Crippen LogP) is 5.22. The van der Waals surface area contributed by atoms with E-state index in [0.29, 0.717) is 38.1 Å². The van der Waals surface area contributed by atoms with Crippen LogP contribution in [0.3, 0.4) is 0 Å². The van der Waals surface area contributed by atoms with Crippen molar-refractivity contribution in [1.82, 2.24) is 0 Å². The number of hydrogen-bond donors (Lipinski definition) is 0. The van der Waals surface area contributed by atoms with Gasteiger partial charge < -0.3 is 4.74 Å². The highest BCUT2D eigenvalue weighted by molar-refractivity contribution is 6.36. The quantitative estimate of drug-likeness (QED) is 0.506. The first-order valence-corrected chi connectivity index (χ1v) is 9.35. The maximum Gasteiger partial charge on any atom is 0.337 e. The van der Waals surface area contributed by atoms with Crippen LogP contribution < -0.4 is 5.01 Å². The molecule has 0 saturated heterocycles. The summed E-state index contributed by atoms with van der Waals surface area (Å²) in [4.78, 5) is 24.9. The molecule has 0 aliphatic carbocycles. The molecule has 2 aromatic rings. The van der Waals surface area contributed by atoms with Crippen LogP contribution in [0.2, 0.25) is 10.0 Å². The zero-order valence-corrected chi connectivity index (χ0v) is 17.1. The zero-order valence-electron chi connectivity index (χ0n) is 15.6. The van der Waals surface area contributed by atoms with Crippen LogP contribution >= 0.6 is 23.2 Å². The van der Waals surface area contributed by atoms with E-state index < -0.39 is 5.97 Å². The summed E-state index contributed by atoms with van der Waals surface area (Å²) in [7, 11) is 1.32. The lowest BCUT2D eigenvalue weighted by atomic mass is 9.97. The molecule has 144 valence electrons. The van der Waals surface area contributed by atoms with Crippen LogP contribution in [0.15, 0.2) is 53.1 Å². The smallest absolute Gasteiger partial charge is 0.337 e. The van der Waals surface area contributed by atoms with Gasteiger partial charge in [-0.1, -0.05) is 49.2 Å². The number of benzene rings is 2. The van der Waals surface area contributed by atoms with Gasteiger partial charge in [-0.25, -0.2) is 4.79 Å². The number of hydrogen-bond acceptors (Lipinski definition) is 4. The van der Waals surface area contributed by atoms with Crippen LogP contribution in [0.4, 0.5) is 5.69 Å². The van der Waals surface area contributed by atoms with Gasteiger partial charge in [-0.05, 0) is 47.9 Å². The number of halogens is 2. The summed E-state index contributed by atoms with van der Waals surface area (Å²) in [5.41, 5.74) is 2.69. The molecule has 0 unspecified atom stereocenters. The summed E-state index contributed by atoms with van der Waals surface area (Å²) >= 11 is 12.1. The summed E-state index contributed by atoms with van der Waals surface area (Å²) in [6.07, 6.45) is 1.72. The van der Waals surface area contributed by atoms with Crippen molar-refractivity contribution in [2.45, 2.75) is 13.8 Å². The number of carbonyl (C=O) groups excluding carboxylic acids is 2. The van der Waals surface area contributed by atoms with Crippen molar-refractivity contribution in [3.05, 3.63) is 69.2 Å². The van der Waals surface area contributed by atoms with E-state index in [1.807, 2.05) is 19.9 Å². The lowest BCUT2D eigenvalue weighted by molar-refractivity contribution is -0.114. The largest absolute Gasteiger partial charge is 0.465 e. The first-order chi connectivity index (χ1) is 13.3. The van der Waals surface area contributed by atoms with Crippen LogP contribution in [0, 0.1) is 5.92 Å². The van der Waals surface area contributed by atoms with Gasteiger partial charge in [0.15, 0.2) is 0 Å². The molecule has 0 saturated carbocycles. The van der Waals surface area contributed by atoms with E-state index in [2.05, 4.69) is 5.10 Å². The predicted molar refractivity (Wildman–Crippen MR) is 112 cm³/mol. The van der Waals surface area contributed by atoms with Gasteiger partial charge in [0.1, 0.15) is 0 Å². The molecular formula is C21H18Cl2N2O3. The maximum atomic E-state index is 13.1. The molecular weight excluding hydrogens is 399 g/mol. The van der Waals surface area contributed by atoms with Crippen LogP contribution in [-0.4, -0.2) is 24.7 Å². The van der Waals surface area contributed by atoms with Crippen LogP contribution in [0.25, 0.3) is 6.08 Å². The van der Waals surface area contributed by atoms with E-state index in [1.165, 1.54) is 12.1 Å². The Morgan fingerprint density at radius 2 is 1.82 bits per heavy atom. The van der Waals surface area contributed by atoms with Gasteiger partial charge >= 0.3 is 5.97 Å². The van der Waals surface area contributed by atoms with Crippen molar-refractivity contribution >= 4 is 52.6 Å². The third-order valence-corrected chi connectivity index (χ3v) is 4.60. The Hall–Kier alpha value is -2.63. The Balaban J connectivity index is 2.04. The van der Waals surface area contributed by atoms with Crippen molar-refractivity contribution in [3.8, 4) is 0 Å². The van der Waals surface area contributed by atoms with E-state index in [4.69, 9.17) is 27.9 Å². The van der Waals surface area contributed by atoms with Gasteiger partial charge in [0.2, 0.25) is 0 Å². The van der Waals surface area contributed by atoms with Gasteiger partial charge in [-0.15, -0.1) is 0 Å². The van der Waals surface area contributed by atoms with E-state index >= 15 is 0 Å². The highest BCUT2D eigenvalue weighted by atomic mass is 35.5. The Kier molecular flexibility index (Phi) is 5.87. The Labute approximate surface area is 173 Å². The minimum absolute atomic E-state index is 0.0126. The Morgan fingerprint density at radius 3 is 2.43 bits per heavy atom. The second-order valence-electron chi connectivity index (χ2n) is 6.56. The van der Waals surface area contributed by atoms with Crippen LogP contribution in [0.1, 0.15) is 29.8 Å². The number of esters is 1. The number of nitrogens with zero attached hydrogens (tertiary/aromatic N) is 2. The topological polar surface area (TPSA) is 59.0 Å². The molecule has 2 aromatic carbocycles. The molecule has 1 amide bonds. The monoisotopic (exact) mass is 416 g/mol. The normalized spacial score (nSPS) is 15.4. The summed E-state index contributed by atoms with van der Waals surface area (Å²) in [5, 5.41) is 6.62. The molecule has 0 atom stereocenters. The van der Waals surface area contributed by atoms with Crippen LogP contribution in [0.5, 0.6) is 0 Å². The number of rotatable bonds is 4. The molecule has 1 aliphatic rings. The van der Waals surface area contributed by atoms with E-state index in [1.54, 1.807) is 42.5 Å². The number of carbonyl (C=O) groups is 2. The van der Waals surface area contributed by atoms with Gasteiger partial charge in [-0.2, -0.15) is 10.1 Å². The van der Waals surface area contributed by atoms with Gasteiger partial charge in [0.25, 0.3) is 5.91 Å². The molecule has 0 spiro atoms. The fourth-order valence-electron chi connectivity index (χ4n) is 2.87. The Morgan fingerprint density at radius 1 is 1.14 bits per heavy atom. The molecule has 0 N–H and O–H groups in total. The minimum Gasteiger partial charge on any atom is -0.465 e. The van der Waals surface area contributed by atoms with Crippen LogP contribution in [-0.2, 0) is 9.53 Å². The van der Waals surface area contributed by atoms with Crippen molar-refractivity contribution in [2.75, 3.05) is 12.1 Å². The Bertz CT molecular complexity index is 992. The summed E-state index contributed by atoms with van der Waals surface area (Å²) < 4.78 is 4.76. The van der Waals surface area contributed by atoms with Crippen molar-refractivity contribution in [2.24, 2.45) is 11.0 Å². The molecule has 0 fully saturated rings. The third kappa shape index (κ3) is 4.11. The molecule has 3 rings (SSSR count). The highest BCUT2D eigenvalue weighted by Gasteiger charge is 2.32. The van der Waals surface area contributed by atoms with Crippen molar-refractivity contribution < 1.29 is 14.3 Å². The summed E-state index contributed by atoms with van der Waals surface area (Å²) in [5.74, 6) is -0.713. The molecule has 28 heavy (non-hydrogen) atoms. The average Bonchev–Trinajstić information content (AvgIpc) is 2.97. The third-order valence-electron chi connectivity index (χ3n) is 4.16. The second-order valence-corrected chi connectivity index (χ2v) is 7.43. The van der Waals surface area contributed by atoms with Crippen molar-refractivity contribution in [1.29, 1.82) is 0 Å². The standard InChI is InChI=1S/C21H18Cl2N2O3/c1-12(2)19-18(8-13-5-4-6-14(7-13)21(27)28-3)20(26)25(24-19)17-10-15(22)9-16(23)11-17/h4-12H,1-3H3/b18-8-. The van der Waals surface area contributed by atoms with E-state index in [9.17, 15) is 9.59 Å².